The van der Waals surface area contributed by atoms with Crippen LogP contribution >= 0.6 is 0 Å². The molecule has 51 heavy (non-hydrogen) atoms. The zero-order valence-corrected chi connectivity index (χ0v) is 24.0. The second-order valence-electron chi connectivity index (χ2n) is 11.0. The van der Waals surface area contributed by atoms with Crippen molar-refractivity contribution in [1.82, 2.24) is 0 Å². The molecule has 0 saturated carbocycles. The average Bonchev–Trinajstić information content (AvgIpc) is 3.59. The van der Waals surface area contributed by atoms with Crippen molar-refractivity contribution in [3.63, 3.8) is 0 Å². The van der Waals surface area contributed by atoms with Crippen LogP contribution in [0.3, 0.4) is 0 Å². The fraction of sp³-hybridized carbons (Fsp3) is 0.0625. The maximum Gasteiger partial charge on any atom is 0.636 e. The van der Waals surface area contributed by atoms with E-state index in [2.05, 4.69) is 0 Å². The minimum Gasteiger partial charge on any atom is -0.520 e. The molecule has 0 unspecified atom stereocenters. The summed E-state index contributed by atoms with van der Waals surface area (Å²) in [5.41, 5.74) is -14.4. The minimum atomic E-state index is -5.38. The highest BCUT2D eigenvalue weighted by Crippen LogP contribution is 2.58. The van der Waals surface area contributed by atoms with Gasteiger partial charge in [0.1, 0.15) is 5.75 Å². The van der Waals surface area contributed by atoms with Crippen molar-refractivity contribution in [3.8, 4) is 33.8 Å². The lowest BCUT2D eigenvalue weighted by molar-refractivity contribution is 0.0404. The van der Waals surface area contributed by atoms with Crippen molar-refractivity contribution in [2.24, 2.45) is 0 Å². The largest absolute Gasteiger partial charge is 0.636 e. The summed E-state index contributed by atoms with van der Waals surface area (Å²) in [6.45, 7) is 0. The third-order valence-electron chi connectivity index (χ3n) is 8.30. The van der Waals surface area contributed by atoms with Gasteiger partial charge in [-0.25, -0.2) is 52.7 Å². The van der Waals surface area contributed by atoms with Gasteiger partial charge in [-0.1, -0.05) is 12.1 Å². The highest BCUT2D eigenvalue weighted by Gasteiger charge is 2.56. The van der Waals surface area contributed by atoms with Gasteiger partial charge in [-0.3, -0.25) is 0 Å². The SMILES string of the molecule is Fc1cccc(OB(Oc2c(F)c(F)c(F)c3c2C(F)(F)c2c(F)c(F)c(F)c(F)c2-3)c2c(F)c(F)c(F)c3c2Cc2ccc(F)c(F)c2-3)c1F. The van der Waals surface area contributed by atoms with Crippen molar-refractivity contribution in [2.75, 3.05) is 0 Å². The lowest BCUT2D eigenvalue weighted by atomic mass is 9.73. The van der Waals surface area contributed by atoms with Gasteiger partial charge >= 0.3 is 13.0 Å². The van der Waals surface area contributed by atoms with E-state index in [1.165, 1.54) is 0 Å². The summed E-state index contributed by atoms with van der Waals surface area (Å²) >= 11 is 0. The zero-order valence-electron chi connectivity index (χ0n) is 24.0. The summed E-state index contributed by atoms with van der Waals surface area (Å²) in [4.78, 5) is 0. The molecule has 0 spiro atoms. The second-order valence-corrected chi connectivity index (χ2v) is 11.0. The first-order chi connectivity index (χ1) is 23.9. The van der Waals surface area contributed by atoms with Gasteiger partial charge in [0.15, 0.2) is 81.4 Å². The molecular formula is C32H7BF16O2. The maximum absolute atomic E-state index is 15.9. The molecule has 0 bridgehead atoms. The van der Waals surface area contributed by atoms with Crippen LogP contribution in [0.4, 0.5) is 70.2 Å². The number of benzene rings is 5. The number of hydrogen-bond donors (Lipinski definition) is 0. The Morgan fingerprint density at radius 2 is 1.02 bits per heavy atom. The summed E-state index contributed by atoms with van der Waals surface area (Å²) < 4.78 is 249. The van der Waals surface area contributed by atoms with Gasteiger partial charge in [0.25, 0.3) is 0 Å². The lowest BCUT2D eigenvalue weighted by Gasteiger charge is -2.24. The monoisotopic (exact) mass is 738 g/mol. The predicted molar refractivity (Wildman–Crippen MR) is 142 cm³/mol. The van der Waals surface area contributed by atoms with Gasteiger partial charge in [0.05, 0.1) is 16.6 Å². The van der Waals surface area contributed by atoms with E-state index in [1.807, 2.05) is 0 Å². The Kier molecular flexibility index (Phi) is 7.58. The van der Waals surface area contributed by atoms with Crippen LogP contribution in [0, 0.1) is 81.4 Å². The van der Waals surface area contributed by atoms with Crippen LogP contribution in [0.15, 0.2) is 30.3 Å². The quantitative estimate of drug-likeness (QED) is 0.0761. The minimum absolute atomic E-state index is 0.387. The molecule has 0 amide bonds. The van der Waals surface area contributed by atoms with Crippen LogP contribution in [0.5, 0.6) is 11.5 Å². The highest BCUT2D eigenvalue weighted by molar-refractivity contribution is 6.63. The Morgan fingerprint density at radius 1 is 0.471 bits per heavy atom. The molecule has 5 aromatic carbocycles. The summed E-state index contributed by atoms with van der Waals surface area (Å²) in [6.07, 6.45) is -0.908. The van der Waals surface area contributed by atoms with E-state index in [0.717, 1.165) is 6.07 Å². The molecule has 7 rings (SSSR count). The van der Waals surface area contributed by atoms with E-state index in [4.69, 9.17) is 9.31 Å². The van der Waals surface area contributed by atoms with E-state index in [0.29, 0.717) is 24.3 Å². The van der Waals surface area contributed by atoms with Crippen molar-refractivity contribution >= 4 is 12.6 Å². The highest BCUT2D eigenvalue weighted by atomic mass is 19.3. The van der Waals surface area contributed by atoms with Crippen LogP contribution in [0.25, 0.3) is 22.3 Å². The fourth-order valence-electron chi connectivity index (χ4n) is 6.12. The average molecular weight is 738 g/mol. The molecule has 262 valence electrons. The van der Waals surface area contributed by atoms with Crippen LogP contribution in [0.1, 0.15) is 22.3 Å². The molecule has 0 N–H and O–H groups in total. The molecule has 0 saturated heterocycles. The van der Waals surface area contributed by atoms with Gasteiger partial charge < -0.3 is 9.31 Å². The van der Waals surface area contributed by atoms with Gasteiger partial charge in [-0.05, 0) is 35.7 Å². The summed E-state index contributed by atoms with van der Waals surface area (Å²) in [6, 6.07) is 3.05. The maximum atomic E-state index is 15.9. The van der Waals surface area contributed by atoms with Crippen molar-refractivity contribution in [3.05, 3.63) is 134 Å². The smallest absolute Gasteiger partial charge is 0.520 e. The molecule has 5 aromatic rings. The zero-order chi connectivity index (χ0) is 37.2. The third kappa shape index (κ3) is 4.55. The Balaban J connectivity index is 1.54. The number of rotatable bonds is 5. The predicted octanol–water partition coefficient (Wildman–Crippen LogP) is 9.18. The number of halogens is 16. The third-order valence-corrected chi connectivity index (χ3v) is 8.30. The molecule has 19 heteroatoms. The van der Waals surface area contributed by atoms with Crippen LogP contribution in [-0.2, 0) is 12.3 Å². The lowest BCUT2D eigenvalue weighted by Crippen LogP contribution is -2.48. The Bertz CT molecular complexity index is 2400. The van der Waals surface area contributed by atoms with Crippen LogP contribution < -0.4 is 14.8 Å². The topological polar surface area (TPSA) is 18.5 Å². The number of fused-ring (bicyclic) bond motifs is 6. The first kappa shape index (κ1) is 34.1. The summed E-state index contributed by atoms with van der Waals surface area (Å²) in [5.74, 6) is -43.1. The normalized spacial score (nSPS) is 13.6. The molecule has 2 aliphatic rings. The van der Waals surface area contributed by atoms with Gasteiger partial charge in [0.2, 0.25) is 5.82 Å². The van der Waals surface area contributed by atoms with Gasteiger partial charge in [-0.15, -0.1) is 0 Å². The second kappa shape index (κ2) is 11.3. The molecule has 2 nitrogen and oxygen atoms in total. The fourth-order valence-corrected chi connectivity index (χ4v) is 6.12. The first-order valence-electron chi connectivity index (χ1n) is 13.8. The molecule has 0 atom stereocenters. The van der Waals surface area contributed by atoms with E-state index < -0.39 is 157 Å². The van der Waals surface area contributed by atoms with E-state index in [9.17, 15) is 35.1 Å². The Labute approximate surface area is 272 Å². The van der Waals surface area contributed by atoms with E-state index >= 15 is 35.1 Å². The molecule has 0 aromatic heterocycles. The van der Waals surface area contributed by atoms with Gasteiger partial charge in [-0.2, -0.15) is 17.6 Å². The van der Waals surface area contributed by atoms with Crippen molar-refractivity contribution in [2.45, 2.75) is 12.3 Å². The van der Waals surface area contributed by atoms with E-state index in [-0.39, 0.29) is 5.56 Å². The molecular weight excluding hydrogens is 731 g/mol. The standard InChI is InChI=1S/C32H7BF16O2/c34-9-2-1-3-11(19(9)36)50-33(18-8-6-7-4-5-10(35)20(37)12(7)13(8)21(38)26(43)25(18)42)51-31-17-15(23(40)28(45)30(31)47)14-16(32(17,48)49)24(41)29(46)27(44)22(14)39/h1-5H,6H2. The van der Waals surface area contributed by atoms with Crippen LogP contribution in [0.2, 0.25) is 0 Å². The molecule has 0 aliphatic heterocycles. The molecule has 0 radical (unpaired) electrons. The Hall–Kier alpha value is -5.36. The molecule has 0 fully saturated rings. The van der Waals surface area contributed by atoms with E-state index in [1.54, 1.807) is 0 Å². The van der Waals surface area contributed by atoms with Crippen molar-refractivity contribution in [1.29, 1.82) is 0 Å². The van der Waals surface area contributed by atoms with Gasteiger partial charge in [0, 0.05) is 22.3 Å². The van der Waals surface area contributed by atoms with Crippen molar-refractivity contribution < 1.29 is 79.6 Å². The summed E-state index contributed by atoms with van der Waals surface area (Å²) in [7, 11) is -3.25. The Morgan fingerprint density at radius 3 is 1.69 bits per heavy atom. The molecule has 0 heterocycles. The van der Waals surface area contributed by atoms with Crippen LogP contribution in [-0.4, -0.2) is 7.12 Å². The summed E-state index contributed by atoms with van der Waals surface area (Å²) in [5, 5.41) is 0. The first-order valence-corrected chi connectivity index (χ1v) is 13.8. The molecule has 2 aliphatic carbocycles. The number of alkyl halides is 2. The number of hydrogen-bond acceptors (Lipinski definition) is 2.